The van der Waals surface area contributed by atoms with Crippen LogP contribution in [0.1, 0.15) is 50.3 Å². The van der Waals surface area contributed by atoms with Gasteiger partial charge in [0.1, 0.15) is 0 Å². The normalized spacial score (nSPS) is 22.1. The molecule has 0 saturated heterocycles. The van der Waals surface area contributed by atoms with Crippen molar-refractivity contribution in [2.75, 3.05) is 47.4 Å². The van der Waals surface area contributed by atoms with E-state index in [0.717, 1.165) is 38.9 Å². The average Bonchev–Trinajstić information content (AvgIpc) is 3.07. The lowest BCUT2D eigenvalue weighted by molar-refractivity contribution is -0.130. The number of hydrogen-bond donors (Lipinski definition) is 3. The third-order valence-electron chi connectivity index (χ3n) is 5.87. The van der Waals surface area contributed by atoms with Crippen LogP contribution in [0.25, 0.3) is 0 Å². The molecule has 0 spiro atoms. The van der Waals surface area contributed by atoms with E-state index in [2.05, 4.69) is 46.6 Å². The Kier molecular flexibility index (Phi) is 8.26. The number of rotatable bonds is 10. The summed E-state index contributed by atoms with van der Waals surface area (Å²) in [6, 6.07) is 0. The van der Waals surface area contributed by atoms with E-state index in [1.165, 1.54) is 11.3 Å². The fourth-order valence-electron chi connectivity index (χ4n) is 4.04. The fraction of sp³-hybridized carbons (Fsp3) is 0.800. The molecule has 0 aliphatic heterocycles. The van der Waals surface area contributed by atoms with E-state index in [1.54, 1.807) is 7.11 Å². The molecule has 0 aromatic carbocycles. The van der Waals surface area contributed by atoms with E-state index in [0.29, 0.717) is 19.1 Å². The summed E-state index contributed by atoms with van der Waals surface area (Å²) in [5.41, 5.74) is 2.46. The molecule has 2 atom stereocenters. The van der Waals surface area contributed by atoms with Crippen LogP contribution in [0, 0.1) is 11.3 Å². The van der Waals surface area contributed by atoms with Gasteiger partial charge in [0, 0.05) is 56.4 Å². The zero-order valence-electron chi connectivity index (χ0n) is 17.6. The van der Waals surface area contributed by atoms with Gasteiger partial charge in [0.05, 0.1) is 12.8 Å². The van der Waals surface area contributed by atoms with E-state index >= 15 is 0 Å². The number of aromatic nitrogens is 2. The van der Waals surface area contributed by atoms with Gasteiger partial charge in [-0.3, -0.25) is 9.89 Å². The van der Waals surface area contributed by atoms with Crippen LogP contribution in [-0.2, 0) is 16.1 Å². The van der Waals surface area contributed by atoms with Gasteiger partial charge in [-0.05, 0) is 38.8 Å². The Labute approximate surface area is 163 Å². The predicted octanol–water partition coefficient (Wildman–Crippen LogP) is 1.73. The van der Waals surface area contributed by atoms with Crippen LogP contribution in [0.15, 0.2) is 6.20 Å². The predicted molar refractivity (Wildman–Crippen MR) is 108 cm³/mol. The number of hydrogen-bond acceptors (Lipinski definition) is 5. The van der Waals surface area contributed by atoms with Crippen molar-refractivity contribution in [3.63, 3.8) is 0 Å². The average molecular weight is 380 g/mol. The molecule has 1 aromatic heterocycles. The van der Waals surface area contributed by atoms with Crippen LogP contribution < -0.4 is 10.6 Å². The first kappa shape index (κ1) is 21.9. The van der Waals surface area contributed by atoms with Crippen LogP contribution >= 0.6 is 0 Å². The topological polar surface area (TPSA) is 82.3 Å². The molecule has 1 saturated carbocycles. The molecule has 154 valence electrons. The number of amides is 1. The Morgan fingerprint density at radius 1 is 1.44 bits per heavy atom. The summed E-state index contributed by atoms with van der Waals surface area (Å²) in [6.07, 6.45) is 4.93. The number of H-pyrrole nitrogens is 1. The number of aromatic amines is 1. The van der Waals surface area contributed by atoms with Gasteiger partial charge in [-0.1, -0.05) is 13.8 Å². The molecule has 2 rings (SSSR count). The highest BCUT2D eigenvalue weighted by Crippen LogP contribution is 2.47. The number of nitrogens with one attached hydrogen (secondary N) is 3. The summed E-state index contributed by atoms with van der Waals surface area (Å²) in [4.78, 5) is 15.1. The molecule has 1 aliphatic rings. The third-order valence-corrected chi connectivity index (χ3v) is 5.87. The lowest BCUT2D eigenvalue weighted by Crippen LogP contribution is -2.43. The second-order valence-corrected chi connectivity index (χ2v) is 8.45. The van der Waals surface area contributed by atoms with Crippen LogP contribution in [0.4, 0.5) is 0 Å². The second kappa shape index (κ2) is 10.2. The van der Waals surface area contributed by atoms with Crippen molar-refractivity contribution in [2.24, 2.45) is 11.3 Å². The number of nitrogens with zero attached hydrogens (tertiary/aromatic N) is 2. The van der Waals surface area contributed by atoms with Crippen LogP contribution in [0.5, 0.6) is 0 Å². The van der Waals surface area contributed by atoms with Crippen LogP contribution in [0.3, 0.4) is 0 Å². The minimum absolute atomic E-state index is 0.00581. The zero-order chi connectivity index (χ0) is 19.9. The maximum absolute atomic E-state index is 12.8. The first-order valence-corrected chi connectivity index (χ1v) is 10.0. The summed E-state index contributed by atoms with van der Waals surface area (Å²) < 4.78 is 5.06. The summed E-state index contributed by atoms with van der Waals surface area (Å²) in [6.45, 7) is 8.36. The molecule has 1 fully saturated rings. The van der Waals surface area contributed by atoms with E-state index in [9.17, 15) is 4.79 Å². The molecule has 1 aromatic rings. The van der Waals surface area contributed by atoms with Gasteiger partial charge in [-0.2, -0.15) is 5.10 Å². The lowest BCUT2D eigenvalue weighted by Gasteiger charge is -2.41. The molecule has 7 heteroatoms. The highest BCUT2D eigenvalue weighted by molar-refractivity contribution is 5.79. The van der Waals surface area contributed by atoms with Crippen molar-refractivity contribution in [2.45, 2.75) is 45.6 Å². The first-order valence-electron chi connectivity index (χ1n) is 10.0. The SMILES string of the molecule is CNCCN(C)Cc1cn[nH]c1C1CCC(C)(C)C(C(=O)NCCOC)C1. The maximum atomic E-state index is 12.8. The standard InChI is InChI=1S/C20H37N5O2/c1-20(2)7-6-15(12-17(20)19(26)22-9-11-27-5)18-16(13-23-24-18)14-25(4)10-8-21-3/h13,15,17,21H,6-12,14H2,1-5H3,(H,22,26)(H,23,24). The molecule has 1 amide bonds. The Bertz CT molecular complexity index is 587. The van der Waals surface area contributed by atoms with Gasteiger partial charge in [-0.15, -0.1) is 0 Å². The number of methoxy groups -OCH3 is 1. The van der Waals surface area contributed by atoms with Gasteiger partial charge in [0.25, 0.3) is 0 Å². The van der Waals surface area contributed by atoms with Gasteiger partial charge in [0.15, 0.2) is 0 Å². The van der Waals surface area contributed by atoms with Crippen LogP contribution in [0.2, 0.25) is 0 Å². The highest BCUT2D eigenvalue weighted by atomic mass is 16.5. The molecule has 27 heavy (non-hydrogen) atoms. The Morgan fingerprint density at radius 3 is 2.93 bits per heavy atom. The van der Waals surface area contributed by atoms with Gasteiger partial charge in [-0.25, -0.2) is 0 Å². The Hall–Kier alpha value is -1.44. The molecule has 2 unspecified atom stereocenters. The van der Waals surface area contributed by atoms with Crippen molar-refractivity contribution in [1.29, 1.82) is 0 Å². The van der Waals surface area contributed by atoms with E-state index < -0.39 is 0 Å². The van der Waals surface area contributed by atoms with Crippen molar-refractivity contribution in [1.82, 2.24) is 25.7 Å². The summed E-state index contributed by atoms with van der Waals surface area (Å²) in [5.74, 6) is 0.506. The molecule has 1 aliphatic carbocycles. The molecule has 7 nitrogen and oxygen atoms in total. The summed E-state index contributed by atoms with van der Waals surface area (Å²) in [7, 11) is 5.75. The first-order chi connectivity index (χ1) is 12.9. The Balaban J connectivity index is 2.05. The largest absolute Gasteiger partial charge is 0.383 e. The van der Waals surface area contributed by atoms with Crippen molar-refractivity contribution in [3.05, 3.63) is 17.5 Å². The van der Waals surface area contributed by atoms with Crippen molar-refractivity contribution < 1.29 is 9.53 Å². The molecule has 0 radical (unpaired) electrons. The summed E-state index contributed by atoms with van der Waals surface area (Å²) in [5, 5.41) is 13.8. The molecule has 0 bridgehead atoms. The van der Waals surface area contributed by atoms with Gasteiger partial charge < -0.3 is 20.3 Å². The zero-order valence-corrected chi connectivity index (χ0v) is 17.6. The minimum atomic E-state index is 0.00581. The van der Waals surface area contributed by atoms with E-state index in [4.69, 9.17) is 4.74 Å². The second-order valence-electron chi connectivity index (χ2n) is 8.45. The van der Waals surface area contributed by atoms with E-state index in [-0.39, 0.29) is 17.2 Å². The minimum Gasteiger partial charge on any atom is -0.383 e. The van der Waals surface area contributed by atoms with Crippen molar-refractivity contribution in [3.8, 4) is 0 Å². The third kappa shape index (κ3) is 6.02. The lowest BCUT2D eigenvalue weighted by atomic mass is 9.64. The smallest absolute Gasteiger partial charge is 0.223 e. The summed E-state index contributed by atoms with van der Waals surface area (Å²) >= 11 is 0. The van der Waals surface area contributed by atoms with Gasteiger partial charge in [0.2, 0.25) is 5.91 Å². The molecular weight excluding hydrogens is 342 g/mol. The molecular formula is C20H37N5O2. The van der Waals surface area contributed by atoms with E-state index in [1.807, 2.05) is 13.2 Å². The number of carbonyl (C=O) groups is 1. The quantitative estimate of drug-likeness (QED) is 0.540. The molecule has 3 N–H and O–H groups in total. The Morgan fingerprint density at radius 2 is 2.22 bits per heavy atom. The number of ether oxygens (including phenoxy) is 1. The maximum Gasteiger partial charge on any atom is 0.223 e. The number of carbonyl (C=O) groups excluding carboxylic acids is 1. The van der Waals surface area contributed by atoms with Crippen molar-refractivity contribution >= 4 is 5.91 Å². The molecule has 1 heterocycles. The van der Waals surface area contributed by atoms with Crippen LogP contribution in [-0.4, -0.2) is 68.5 Å². The fourth-order valence-corrected chi connectivity index (χ4v) is 4.04. The monoisotopic (exact) mass is 379 g/mol. The highest BCUT2D eigenvalue weighted by Gasteiger charge is 2.41. The van der Waals surface area contributed by atoms with Gasteiger partial charge >= 0.3 is 0 Å². The number of likely N-dealkylation sites (N-methyl/N-ethyl adjacent to an activating group) is 2.